The molecular formula is C13H12ClN3O3. The zero-order chi connectivity index (χ0) is 14.7. The Hall–Kier alpha value is -2.34. The van der Waals surface area contributed by atoms with E-state index in [0.717, 1.165) is 0 Å². The molecule has 0 aliphatic heterocycles. The first kappa shape index (κ1) is 14.1. The van der Waals surface area contributed by atoms with E-state index < -0.39 is 5.91 Å². The van der Waals surface area contributed by atoms with Crippen molar-refractivity contribution >= 4 is 23.5 Å². The van der Waals surface area contributed by atoms with Crippen LogP contribution in [0.3, 0.4) is 0 Å². The standard InChI is InChI=1S/C13H12ClN3O3/c1-7-5-11(20-2)16-13(15-7)17-12(19)9-4-3-8(14)6-10(9)18/h3-6,18H,1-2H3,(H,15,16,17,19). The molecule has 104 valence electrons. The third kappa shape index (κ3) is 3.16. The number of hydrogen-bond donors (Lipinski definition) is 2. The maximum atomic E-state index is 12.0. The molecule has 6 nitrogen and oxygen atoms in total. The predicted molar refractivity (Wildman–Crippen MR) is 74.4 cm³/mol. The van der Waals surface area contributed by atoms with E-state index in [9.17, 15) is 9.90 Å². The fourth-order valence-electron chi connectivity index (χ4n) is 1.57. The van der Waals surface area contributed by atoms with E-state index in [1.165, 1.54) is 25.3 Å². The van der Waals surface area contributed by atoms with Crippen LogP contribution in [0, 0.1) is 6.92 Å². The quantitative estimate of drug-likeness (QED) is 0.908. The summed E-state index contributed by atoms with van der Waals surface area (Å²) in [4.78, 5) is 20.1. The number of phenols is 1. The predicted octanol–water partition coefficient (Wildman–Crippen LogP) is 2.40. The van der Waals surface area contributed by atoms with Crippen molar-refractivity contribution < 1.29 is 14.6 Å². The summed E-state index contributed by atoms with van der Waals surface area (Å²) < 4.78 is 4.99. The van der Waals surface area contributed by atoms with Crippen LogP contribution in [0.15, 0.2) is 24.3 Å². The molecule has 0 saturated carbocycles. The number of methoxy groups -OCH3 is 1. The monoisotopic (exact) mass is 293 g/mol. The number of phenolic OH excluding ortho intramolecular Hbond substituents is 1. The Morgan fingerprint density at radius 1 is 1.35 bits per heavy atom. The lowest BCUT2D eigenvalue weighted by Crippen LogP contribution is -2.15. The number of nitrogens with zero attached hydrogens (tertiary/aromatic N) is 2. The molecule has 0 aliphatic carbocycles. The number of aromatic nitrogens is 2. The van der Waals surface area contributed by atoms with Gasteiger partial charge < -0.3 is 9.84 Å². The highest BCUT2D eigenvalue weighted by molar-refractivity contribution is 6.30. The number of halogens is 1. The third-order valence-corrected chi connectivity index (χ3v) is 2.70. The van der Waals surface area contributed by atoms with Crippen molar-refractivity contribution in [1.82, 2.24) is 9.97 Å². The summed E-state index contributed by atoms with van der Waals surface area (Å²) in [5.74, 6) is -0.309. The number of benzene rings is 1. The number of ether oxygens (including phenoxy) is 1. The fraction of sp³-hybridized carbons (Fsp3) is 0.154. The Bertz CT molecular complexity index is 661. The number of nitrogens with one attached hydrogen (secondary N) is 1. The van der Waals surface area contributed by atoms with Gasteiger partial charge in [0.25, 0.3) is 5.91 Å². The van der Waals surface area contributed by atoms with Gasteiger partial charge in [-0.1, -0.05) is 11.6 Å². The van der Waals surface area contributed by atoms with Crippen LogP contribution in [-0.2, 0) is 0 Å². The Morgan fingerprint density at radius 3 is 2.75 bits per heavy atom. The Kier molecular flexibility index (Phi) is 4.05. The second-order valence-electron chi connectivity index (χ2n) is 3.99. The van der Waals surface area contributed by atoms with Gasteiger partial charge in [0.05, 0.1) is 12.7 Å². The lowest BCUT2D eigenvalue weighted by atomic mass is 10.2. The molecule has 0 spiro atoms. The Labute approximate surface area is 120 Å². The first-order chi connectivity index (χ1) is 9.49. The molecule has 0 fully saturated rings. The average molecular weight is 294 g/mol. The van der Waals surface area contributed by atoms with Crippen LogP contribution in [0.25, 0.3) is 0 Å². The van der Waals surface area contributed by atoms with Gasteiger partial charge in [-0.2, -0.15) is 4.98 Å². The molecule has 2 aromatic rings. The van der Waals surface area contributed by atoms with Crippen LogP contribution in [-0.4, -0.2) is 28.1 Å². The van der Waals surface area contributed by atoms with Crippen LogP contribution in [0.1, 0.15) is 16.1 Å². The van der Waals surface area contributed by atoms with E-state index in [1.54, 1.807) is 13.0 Å². The van der Waals surface area contributed by atoms with Crippen molar-refractivity contribution in [2.45, 2.75) is 6.92 Å². The summed E-state index contributed by atoms with van der Waals surface area (Å²) in [6.07, 6.45) is 0. The SMILES string of the molecule is COc1cc(C)nc(NC(=O)c2ccc(Cl)cc2O)n1. The van der Waals surface area contributed by atoms with Crippen molar-refractivity contribution in [2.24, 2.45) is 0 Å². The number of carbonyl (C=O) groups excluding carboxylic acids is 1. The van der Waals surface area contributed by atoms with Crippen LogP contribution in [0.5, 0.6) is 11.6 Å². The second-order valence-corrected chi connectivity index (χ2v) is 4.43. The summed E-state index contributed by atoms with van der Waals surface area (Å²) in [5, 5.41) is 12.5. The fourth-order valence-corrected chi connectivity index (χ4v) is 1.73. The molecule has 7 heteroatoms. The van der Waals surface area contributed by atoms with Gasteiger partial charge in [0.2, 0.25) is 11.8 Å². The van der Waals surface area contributed by atoms with Crippen molar-refractivity contribution in [3.63, 3.8) is 0 Å². The highest BCUT2D eigenvalue weighted by Crippen LogP contribution is 2.22. The van der Waals surface area contributed by atoms with Gasteiger partial charge in [-0.25, -0.2) is 4.98 Å². The normalized spacial score (nSPS) is 10.2. The Balaban J connectivity index is 2.25. The molecule has 0 radical (unpaired) electrons. The molecule has 0 saturated heterocycles. The van der Waals surface area contributed by atoms with Gasteiger partial charge in [-0.15, -0.1) is 0 Å². The zero-order valence-electron chi connectivity index (χ0n) is 10.8. The molecule has 1 heterocycles. The van der Waals surface area contributed by atoms with Gasteiger partial charge in [0.1, 0.15) is 5.75 Å². The highest BCUT2D eigenvalue weighted by Gasteiger charge is 2.13. The lowest BCUT2D eigenvalue weighted by molar-refractivity contribution is 0.102. The van der Waals surface area contributed by atoms with Crippen LogP contribution in [0.2, 0.25) is 5.02 Å². The largest absolute Gasteiger partial charge is 0.507 e. The Morgan fingerprint density at radius 2 is 2.10 bits per heavy atom. The minimum Gasteiger partial charge on any atom is -0.507 e. The number of aromatic hydroxyl groups is 1. The highest BCUT2D eigenvalue weighted by atomic mass is 35.5. The number of carbonyl (C=O) groups is 1. The van der Waals surface area contributed by atoms with Crippen molar-refractivity contribution in [1.29, 1.82) is 0 Å². The number of amides is 1. The zero-order valence-corrected chi connectivity index (χ0v) is 11.6. The molecule has 0 unspecified atom stereocenters. The van der Waals surface area contributed by atoms with E-state index in [1.807, 2.05) is 0 Å². The van der Waals surface area contributed by atoms with E-state index in [-0.39, 0.29) is 17.3 Å². The van der Waals surface area contributed by atoms with Gasteiger partial charge in [0, 0.05) is 16.8 Å². The van der Waals surface area contributed by atoms with E-state index in [0.29, 0.717) is 16.6 Å². The van der Waals surface area contributed by atoms with E-state index in [4.69, 9.17) is 16.3 Å². The molecular weight excluding hydrogens is 282 g/mol. The maximum Gasteiger partial charge on any atom is 0.261 e. The topological polar surface area (TPSA) is 84.3 Å². The van der Waals surface area contributed by atoms with Crippen molar-refractivity contribution in [3.8, 4) is 11.6 Å². The summed E-state index contributed by atoms with van der Waals surface area (Å²) >= 11 is 5.71. The average Bonchev–Trinajstić information content (AvgIpc) is 2.37. The maximum absolute atomic E-state index is 12.0. The van der Waals surface area contributed by atoms with Gasteiger partial charge in [0.15, 0.2) is 0 Å². The molecule has 2 rings (SSSR count). The van der Waals surface area contributed by atoms with Crippen LogP contribution >= 0.6 is 11.6 Å². The minimum absolute atomic E-state index is 0.0819. The van der Waals surface area contributed by atoms with Crippen LogP contribution < -0.4 is 10.1 Å². The minimum atomic E-state index is -0.535. The van der Waals surface area contributed by atoms with E-state index >= 15 is 0 Å². The molecule has 1 aromatic carbocycles. The van der Waals surface area contributed by atoms with Crippen molar-refractivity contribution in [2.75, 3.05) is 12.4 Å². The molecule has 0 aliphatic rings. The molecule has 0 atom stereocenters. The second kappa shape index (κ2) is 5.75. The number of hydrogen-bond acceptors (Lipinski definition) is 5. The van der Waals surface area contributed by atoms with Gasteiger partial charge in [-0.3, -0.25) is 10.1 Å². The summed E-state index contributed by atoms with van der Waals surface area (Å²) in [7, 11) is 1.47. The molecule has 1 aromatic heterocycles. The molecule has 2 N–H and O–H groups in total. The molecule has 20 heavy (non-hydrogen) atoms. The first-order valence-corrected chi connectivity index (χ1v) is 6.07. The summed E-state index contributed by atoms with van der Waals surface area (Å²) in [6, 6.07) is 5.84. The van der Waals surface area contributed by atoms with Crippen LogP contribution in [0.4, 0.5) is 5.95 Å². The summed E-state index contributed by atoms with van der Waals surface area (Å²) in [5.41, 5.74) is 0.728. The lowest BCUT2D eigenvalue weighted by Gasteiger charge is -2.07. The summed E-state index contributed by atoms with van der Waals surface area (Å²) in [6.45, 7) is 1.75. The molecule has 1 amide bonds. The smallest absolute Gasteiger partial charge is 0.261 e. The first-order valence-electron chi connectivity index (χ1n) is 5.69. The van der Waals surface area contributed by atoms with E-state index in [2.05, 4.69) is 15.3 Å². The van der Waals surface area contributed by atoms with Gasteiger partial charge in [-0.05, 0) is 25.1 Å². The van der Waals surface area contributed by atoms with Crippen molar-refractivity contribution in [3.05, 3.63) is 40.5 Å². The number of rotatable bonds is 3. The third-order valence-electron chi connectivity index (χ3n) is 2.47. The number of aryl methyl sites for hydroxylation is 1. The molecule has 0 bridgehead atoms. The number of anilines is 1. The van der Waals surface area contributed by atoms with Gasteiger partial charge >= 0.3 is 0 Å².